The molecule has 3 aromatic rings. The topological polar surface area (TPSA) is 93.5 Å². The number of rotatable bonds is 6. The molecular formula is C21H21N3O4. The number of carbonyl (C=O) groups is 2. The van der Waals surface area contributed by atoms with Crippen LogP contribution in [0, 0.1) is 6.92 Å². The van der Waals surface area contributed by atoms with Gasteiger partial charge in [0.1, 0.15) is 17.1 Å². The number of methoxy groups -OCH3 is 1. The molecule has 0 fully saturated rings. The van der Waals surface area contributed by atoms with E-state index in [0.29, 0.717) is 46.1 Å². The molecule has 0 atom stereocenters. The number of benzene rings is 2. The Morgan fingerprint density at radius 3 is 2.43 bits per heavy atom. The monoisotopic (exact) mass is 379 g/mol. The molecular weight excluding hydrogens is 358 g/mol. The maximum Gasteiger partial charge on any atom is 0.261 e. The predicted octanol–water partition coefficient (Wildman–Crippen LogP) is 4.06. The lowest BCUT2D eigenvalue weighted by Crippen LogP contribution is -2.15. The minimum absolute atomic E-state index is 0.273. The molecule has 0 aliphatic rings. The molecule has 1 aromatic heterocycles. The minimum Gasteiger partial charge on any atom is -0.495 e. The van der Waals surface area contributed by atoms with Crippen molar-refractivity contribution in [1.82, 2.24) is 5.16 Å². The highest BCUT2D eigenvalue weighted by Gasteiger charge is 2.19. The molecule has 0 spiro atoms. The smallest absolute Gasteiger partial charge is 0.261 e. The van der Waals surface area contributed by atoms with E-state index in [4.69, 9.17) is 9.26 Å². The summed E-state index contributed by atoms with van der Waals surface area (Å²) < 4.78 is 10.3. The van der Waals surface area contributed by atoms with Crippen LogP contribution < -0.4 is 15.4 Å². The van der Waals surface area contributed by atoms with Gasteiger partial charge in [0.25, 0.3) is 11.8 Å². The Morgan fingerprint density at radius 1 is 1.04 bits per heavy atom. The van der Waals surface area contributed by atoms with E-state index >= 15 is 0 Å². The maximum absolute atomic E-state index is 12.5. The van der Waals surface area contributed by atoms with Crippen LogP contribution >= 0.6 is 0 Å². The third-order valence-electron chi connectivity index (χ3n) is 4.26. The number of aryl methyl sites for hydroxylation is 2. The first-order chi connectivity index (χ1) is 13.5. The number of aromatic nitrogens is 1. The van der Waals surface area contributed by atoms with Crippen LogP contribution in [-0.2, 0) is 6.42 Å². The number of para-hydroxylation sites is 2. The van der Waals surface area contributed by atoms with Crippen molar-refractivity contribution in [2.45, 2.75) is 20.3 Å². The molecule has 2 aromatic carbocycles. The average molecular weight is 379 g/mol. The summed E-state index contributed by atoms with van der Waals surface area (Å²) in [5.74, 6) is 0.491. The van der Waals surface area contributed by atoms with Gasteiger partial charge < -0.3 is 19.9 Å². The molecule has 0 aliphatic carbocycles. The Bertz CT molecular complexity index is 993. The van der Waals surface area contributed by atoms with Gasteiger partial charge in [0, 0.05) is 11.3 Å². The molecule has 2 amide bonds. The van der Waals surface area contributed by atoms with Crippen LogP contribution in [0.5, 0.6) is 5.75 Å². The number of nitrogens with one attached hydrogen (secondary N) is 2. The van der Waals surface area contributed by atoms with Gasteiger partial charge in [-0.1, -0.05) is 24.2 Å². The maximum atomic E-state index is 12.5. The van der Waals surface area contributed by atoms with Gasteiger partial charge in [-0.3, -0.25) is 9.59 Å². The first kappa shape index (κ1) is 19.2. The first-order valence-electron chi connectivity index (χ1n) is 8.84. The van der Waals surface area contributed by atoms with Gasteiger partial charge in [-0.05, 0) is 49.7 Å². The number of hydrogen-bond acceptors (Lipinski definition) is 5. The number of anilines is 2. The second-order valence-electron chi connectivity index (χ2n) is 6.10. The van der Waals surface area contributed by atoms with Gasteiger partial charge in [-0.2, -0.15) is 0 Å². The summed E-state index contributed by atoms with van der Waals surface area (Å²) in [6, 6.07) is 13.8. The van der Waals surface area contributed by atoms with E-state index in [1.54, 1.807) is 50.4 Å². The SMILES string of the molecule is CCc1noc(C)c1C(=O)Nc1ccc(C(=O)Nc2ccccc2OC)cc1. The molecule has 7 nitrogen and oxygen atoms in total. The highest BCUT2D eigenvalue weighted by molar-refractivity contribution is 6.07. The molecule has 0 unspecified atom stereocenters. The van der Waals surface area contributed by atoms with E-state index < -0.39 is 0 Å². The van der Waals surface area contributed by atoms with Crippen LogP contribution in [-0.4, -0.2) is 24.1 Å². The van der Waals surface area contributed by atoms with Crippen molar-refractivity contribution < 1.29 is 18.8 Å². The van der Waals surface area contributed by atoms with Crippen LogP contribution in [0.25, 0.3) is 0 Å². The van der Waals surface area contributed by atoms with Crippen molar-refractivity contribution in [3.05, 3.63) is 71.1 Å². The van der Waals surface area contributed by atoms with E-state index in [0.717, 1.165) is 0 Å². The first-order valence-corrected chi connectivity index (χ1v) is 8.84. The number of amides is 2. The van der Waals surface area contributed by atoms with E-state index in [-0.39, 0.29) is 11.8 Å². The van der Waals surface area contributed by atoms with Gasteiger partial charge in [-0.15, -0.1) is 0 Å². The van der Waals surface area contributed by atoms with Crippen molar-refractivity contribution >= 4 is 23.2 Å². The molecule has 28 heavy (non-hydrogen) atoms. The van der Waals surface area contributed by atoms with Gasteiger partial charge in [0.2, 0.25) is 0 Å². The predicted molar refractivity (Wildman–Crippen MR) is 106 cm³/mol. The Hall–Kier alpha value is -3.61. The lowest BCUT2D eigenvalue weighted by Gasteiger charge is -2.10. The molecule has 3 rings (SSSR count). The zero-order valence-electron chi connectivity index (χ0n) is 15.9. The van der Waals surface area contributed by atoms with Crippen molar-refractivity contribution in [3.8, 4) is 5.75 Å². The second kappa shape index (κ2) is 8.39. The molecule has 2 N–H and O–H groups in total. The number of carbonyl (C=O) groups excluding carboxylic acids is 2. The highest BCUT2D eigenvalue weighted by Crippen LogP contribution is 2.24. The Balaban J connectivity index is 1.70. The van der Waals surface area contributed by atoms with Crippen LogP contribution in [0.3, 0.4) is 0 Å². The fourth-order valence-electron chi connectivity index (χ4n) is 2.79. The third-order valence-corrected chi connectivity index (χ3v) is 4.26. The van der Waals surface area contributed by atoms with E-state index in [9.17, 15) is 9.59 Å². The molecule has 0 saturated carbocycles. The molecule has 0 radical (unpaired) electrons. The largest absolute Gasteiger partial charge is 0.495 e. The van der Waals surface area contributed by atoms with Gasteiger partial charge in [-0.25, -0.2) is 0 Å². The fourth-order valence-corrected chi connectivity index (χ4v) is 2.79. The van der Waals surface area contributed by atoms with Crippen molar-refractivity contribution in [3.63, 3.8) is 0 Å². The van der Waals surface area contributed by atoms with Crippen molar-refractivity contribution in [1.29, 1.82) is 0 Å². The molecule has 0 saturated heterocycles. The normalized spacial score (nSPS) is 10.4. The van der Waals surface area contributed by atoms with Gasteiger partial charge in [0.15, 0.2) is 0 Å². The summed E-state index contributed by atoms with van der Waals surface area (Å²) in [5, 5.41) is 9.50. The minimum atomic E-state index is -0.290. The fraction of sp³-hybridized carbons (Fsp3) is 0.190. The summed E-state index contributed by atoms with van der Waals surface area (Å²) in [5.41, 5.74) is 2.67. The molecule has 0 aliphatic heterocycles. The van der Waals surface area contributed by atoms with Gasteiger partial charge in [0.05, 0.1) is 18.5 Å². The summed E-state index contributed by atoms with van der Waals surface area (Å²) in [7, 11) is 1.55. The third kappa shape index (κ3) is 4.03. The summed E-state index contributed by atoms with van der Waals surface area (Å²) in [4.78, 5) is 25.0. The zero-order valence-corrected chi connectivity index (χ0v) is 15.9. The van der Waals surface area contributed by atoms with Crippen molar-refractivity contribution in [2.75, 3.05) is 17.7 Å². The molecule has 1 heterocycles. The van der Waals surface area contributed by atoms with Crippen molar-refractivity contribution in [2.24, 2.45) is 0 Å². The summed E-state index contributed by atoms with van der Waals surface area (Å²) >= 11 is 0. The zero-order chi connectivity index (χ0) is 20.1. The van der Waals surface area contributed by atoms with Gasteiger partial charge >= 0.3 is 0 Å². The average Bonchev–Trinajstić information content (AvgIpc) is 3.09. The number of nitrogens with zero attached hydrogens (tertiary/aromatic N) is 1. The Kier molecular flexibility index (Phi) is 5.74. The Labute approximate surface area is 162 Å². The number of ether oxygens (including phenoxy) is 1. The molecule has 144 valence electrons. The van der Waals surface area contributed by atoms with Crippen LogP contribution in [0.15, 0.2) is 53.1 Å². The van der Waals surface area contributed by atoms with Crippen LogP contribution in [0.2, 0.25) is 0 Å². The Morgan fingerprint density at radius 2 is 1.75 bits per heavy atom. The van der Waals surface area contributed by atoms with E-state index in [1.165, 1.54) is 0 Å². The summed E-state index contributed by atoms with van der Waals surface area (Å²) in [6.07, 6.45) is 0.599. The molecule has 7 heteroatoms. The van der Waals surface area contributed by atoms with E-state index in [1.807, 2.05) is 19.1 Å². The highest BCUT2D eigenvalue weighted by atomic mass is 16.5. The van der Waals surface area contributed by atoms with E-state index in [2.05, 4.69) is 15.8 Å². The number of hydrogen-bond donors (Lipinski definition) is 2. The van der Waals surface area contributed by atoms with Crippen LogP contribution in [0.1, 0.15) is 39.1 Å². The summed E-state index contributed by atoms with van der Waals surface area (Å²) in [6.45, 7) is 3.61. The van der Waals surface area contributed by atoms with Crippen LogP contribution in [0.4, 0.5) is 11.4 Å². The molecule has 0 bridgehead atoms. The second-order valence-corrected chi connectivity index (χ2v) is 6.10. The lowest BCUT2D eigenvalue weighted by molar-refractivity contribution is 0.101. The lowest BCUT2D eigenvalue weighted by atomic mass is 10.1. The standard InChI is InChI=1S/C21H21N3O4/c1-4-16-19(13(2)28-24-16)21(26)22-15-11-9-14(10-12-15)20(25)23-17-7-5-6-8-18(17)27-3/h5-12H,4H2,1-3H3,(H,22,26)(H,23,25). The quantitative estimate of drug-likeness (QED) is 0.674.